The minimum atomic E-state index is -0.359. The molecule has 0 aliphatic carbocycles. The van der Waals surface area contributed by atoms with Crippen LogP contribution in [0.4, 0.5) is 0 Å². The Kier molecular flexibility index (Phi) is 5.71. The molecule has 3 aromatic rings. The van der Waals surface area contributed by atoms with Crippen LogP contribution in [0.25, 0.3) is 11.3 Å². The number of amides is 1. The molecule has 0 aliphatic heterocycles. The zero-order chi connectivity index (χ0) is 18.4. The Bertz CT molecular complexity index is 920. The van der Waals surface area contributed by atoms with Crippen molar-refractivity contribution in [3.05, 3.63) is 77.0 Å². The molecule has 6 heteroatoms. The van der Waals surface area contributed by atoms with E-state index in [1.54, 1.807) is 18.2 Å². The average molecular weight is 369 g/mol. The second kappa shape index (κ2) is 8.36. The highest BCUT2D eigenvalue weighted by molar-refractivity contribution is 6.31. The Morgan fingerprint density at radius 1 is 1.19 bits per heavy atom. The Morgan fingerprint density at radius 2 is 2.00 bits per heavy atom. The summed E-state index contributed by atoms with van der Waals surface area (Å²) in [6.07, 6.45) is 1.43. The number of nitrogens with zero attached hydrogens (tertiary/aromatic N) is 1. The van der Waals surface area contributed by atoms with Crippen LogP contribution in [0.1, 0.15) is 11.3 Å². The van der Waals surface area contributed by atoms with Gasteiger partial charge in [0.05, 0.1) is 6.21 Å². The number of aryl methyl sites for hydroxylation is 1. The summed E-state index contributed by atoms with van der Waals surface area (Å²) in [7, 11) is 0. The maximum Gasteiger partial charge on any atom is 0.277 e. The number of hydrogen-bond acceptors (Lipinski definition) is 4. The summed E-state index contributed by atoms with van der Waals surface area (Å²) in [5.41, 5.74) is 4.27. The highest BCUT2D eigenvalue weighted by atomic mass is 35.5. The van der Waals surface area contributed by atoms with E-state index in [2.05, 4.69) is 10.5 Å². The lowest BCUT2D eigenvalue weighted by atomic mass is 10.1. The first-order chi connectivity index (χ1) is 12.6. The fourth-order valence-electron chi connectivity index (χ4n) is 2.19. The summed E-state index contributed by atoms with van der Waals surface area (Å²) >= 11 is 6.14. The molecule has 1 aromatic heterocycles. The number of nitrogens with one attached hydrogen (secondary N) is 1. The van der Waals surface area contributed by atoms with Gasteiger partial charge in [0.2, 0.25) is 0 Å². The average Bonchev–Trinajstić information content (AvgIpc) is 3.12. The summed E-state index contributed by atoms with van der Waals surface area (Å²) in [6, 6.07) is 18.4. The van der Waals surface area contributed by atoms with Crippen molar-refractivity contribution in [2.75, 3.05) is 6.61 Å². The third-order valence-corrected chi connectivity index (χ3v) is 3.98. The van der Waals surface area contributed by atoms with Gasteiger partial charge in [0.25, 0.3) is 5.91 Å². The molecule has 0 saturated heterocycles. The Labute approximate surface area is 156 Å². The molecule has 0 aliphatic rings. The number of hydrogen-bond donors (Lipinski definition) is 1. The molecule has 0 spiro atoms. The fraction of sp³-hybridized carbons (Fsp3) is 0.100. The van der Waals surface area contributed by atoms with Crippen LogP contribution in [0.5, 0.6) is 5.75 Å². The highest BCUT2D eigenvalue weighted by Crippen LogP contribution is 2.26. The lowest BCUT2D eigenvalue weighted by molar-refractivity contribution is -0.123. The van der Waals surface area contributed by atoms with Gasteiger partial charge in [-0.05, 0) is 42.8 Å². The quantitative estimate of drug-likeness (QED) is 0.517. The summed E-state index contributed by atoms with van der Waals surface area (Å²) < 4.78 is 11.0. The first kappa shape index (κ1) is 17.8. The SMILES string of the molecule is Cc1ccc(-c2ccc(/C=N\NC(=O)COc3ccccc3)o2)cc1Cl. The van der Waals surface area contributed by atoms with Gasteiger partial charge in [0, 0.05) is 10.6 Å². The number of hydrazone groups is 1. The molecule has 1 amide bonds. The van der Waals surface area contributed by atoms with Crippen LogP contribution >= 0.6 is 11.6 Å². The van der Waals surface area contributed by atoms with Gasteiger partial charge in [-0.2, -0.15) is 5.10 Å². The number of benzene rings is 2. The van der Waals surface area contributed by atoms with Gasteiger partial charge in [-0.3, -0.25) is 4.79 Å². The number of para-hydroxylation sites is 1. The molecule has 0 saturated carbocycles. The molecule has 132 valence electrons. The number of ether oxygens (including phenoxy) is 1. The first-order valence-electron chi connectivity index (χ1n) is 7.98. The van der Waals surface area contributed by atoms with Crippen LogP contribution < -0.4 is 10.2 Å². The molecule has 0 atom stereocenters. The van der Waals surface area contributed by atoms with Gasteiger partial charge in [0.1, 0.15) is 17.3 Å². The van der Waals surface area contributed by atoms with Crippen molar-refractivity contribution in [1.29, 1.82) is 0 Å². The van der Waals surface area contributed by atoms with Gasteiger partial charge in [-0.1, -0.05) is 41.9 Å². The highest BCUT2D eigenvalue weighted by Gasteiger charge is 2.06. The molecular weight excluding hydrogens is 352 g/mol. The van der Waals surface area contributed by atoms with E-state index in [1.165, 1.54) is 6.21 Å². The number of rotatable bonds is 6. The summed E-state index contributed by atoms with van der Waals surface area (Å²) in [5.74, 6) is 1.45. The largest absolute Gasteiger partial charge is 0.484 e. The first-order valence-corrected chi connectivity index (χ1v) is 8.36. The number of carbonyl (C=O) groups is 1. The van der Waals surface area contributed by atoms with Crippen LogP contribution in [-0.2, 0) is 4.79 Å². The van der Waals surface area contributed by atoms with Crippen LogP contribution in [0, 0.1) is 6.92 Å². The minimum Gasteiger partial charge on any atom is -0.484 e. The monoisotopic (exact) mass is 368 g/mol. The lowest BCUT2D eigenvalue weighted by Crippen LogP contribution is -2.24. The van der Waals surface area contributed by atoms with E-state index in [9.17, 15) is 4.79 Å². The van der Waals surface area contributed by atoms with Gasteiger partial charge < -0.3 is 9.15 Å². The van der Waals surface area contributed by atoms with Gasteiger partial charge in [-0.15, -0.1) is 0 Å². The van der Waals surface area contributed by atoms with Gasteiger partial charge >= 0.3 is 0 Å². The third-order valence-electron chi connectivity index (χ3n) is 3.58. The third kappa shape index (κ3) is 4.74. The zero-order valence-electron chi connectivity index (χ0n) is 14.1. The van der Waals surface area contributed by atoms with Crippen molar-refractivity contribution < 1.29 is 13.9 Å². The number of halogens is 1. The molecule has 5 nitrogen and oxygen atoms in total. The number of furan rings is 1. The standard InChI is InChI=1S/C20H17ClN2O3/c1-14-7-8-15(11-18(14)21)19-10-9-17(26-19)12-22-23-20(24)13-25-16-5-3-2-4-6-16/h2-12H,13H2,1H3,(H,23,24)/b22-12-. The maximum atomic E-state index is 11.7. The van der Waals surface area contributed by atoms with Crippen molar-refractivity contribution >= 4 is 23.7 Å². The molecule has 3 rings (SSSR count). The van der Waals surface area contributed by atoms with Crippen LogP contribution in [0.15, 0.2) is 70.2 Å². The van der Waals surface area contributed by atoms with Crippen LogP contribution in [0.3, 0.4) is 0 Å². The summed E-state index contributed by atoms with van der Waals surface area (Å²) in [5, 5.41) is 4.55. The van der Waals surface area contributed by atoms with Crippen molar-refractivity contribution in [3.63, 3.8) is 0 Å². The van der Waals surface area contributed by atoms with Crippen molar-refractivity contribution in [2.24, 2.45) is 5.10 Å². The van der Waals surface area contributed by atoms with E-state index in [0.717, 1.165) is 11.1 Å². The molecular formula is C20H17ClN2O3. The second-order valence-electron chi connectivity index (χ2n) is 5.56. The van der Waals surface area contributed by atoms with Crippen LogP contribution in [-0.4, -0.2) is 18.7 Å². The van der Waals surface area contributed by atoms with E-state index in [4.69, 9.17) is 20.8 Å². The molecule has 0 unspecified atom stereocenters. The lowest BCUT2D eigenvalue weighted by Gasteiger charge is -2.03. The van der Waals surface area contributed by atoms with E-state index >= 15 is 0 Å². The molecule has 2 aromatic carbocycles. The molecule has 0 radical (unpaired) electrons. The molecule has 26 heavy (non-hydrogen) atoms. The topological polar surface area (TPSA) is 63.8 Å². The normalized spacial score (nSPS) is 10.8. The van der Waals surface area contributed by atoms with Crippen molar-refractivity contribution in [1.82, 2.24) is 5.43 Å². The smallest absolute Gasteiger partial charge is 0.277 e. The molecule has 1 N–H and O–H groups in total. The second-order valence-corrected chi connectivity index (χ2v) is 5.97. The Hall–Kier alpha value is -3.05. The van der Waals surface area contributed by atoms with Crippen molar-refractivity contribution in [2.45, 2.75) is 6.92 Å². The van der Waals surface area contributed by atoms with E-state index in [0.29, 0.717) is 22.3 Å². The fourth-order valence-corrected chi connectivity index (χ4v) is 2.37. The zero-order valence-corrected chi connectivity index (χ0v) is 14.9. The minimum absolute atomic E-state index is 0.118. The Balaban J connectivity index is 1.53. The Morgan fingerprint density at radius 3 is 2.77 bits per heavy atom. The number of carbonyl (C=O) groups excluding carboxylic acids is 1. The molecule has 1 heterocycles. The maximum absolute atomic E-state index is 11.7. The molecule has 0 bridgehead atoms. The van der Waals surface area contributed by atoms with Crippen molar-refractivity contribution in [3.8, 4) is 17.1 Å². The summed E-state index contributed by atoms with van der Waals surface area (Å²) in [6.45, 7) is 1.82. The van der Waals surface area contributed by atoms with E-state index < -0.39 is 0 Å². The van der Waals surface area contributed by atoms with Gasteiger partial charge in [-0.25, -0.2) is 5.43 Å². The van der Waals surface area contributed by atoms with Crippen LogP contribution in [0.2, 0.25) is 5.02 Å². The predicted molar refractivity (Wildman–Crippen MR) is 102 cm³/mol. The van der Waals surface area contributed by atoms with E-state index in [-0.39, 0.29) is 12.5 Å². The van der Waals surface area contributed by atoms with Gasteiger partial charge in [0.15, 0.2) is 6.61 Å². The summed E-state index contributed by atoms with van der Waals surface area (Å²) in [4.78, 5) is 11.7. The van der Waals surface area contributed by atoms with E-state index in [1.807, 2.05) is 49.4 Å². The predicted octanol–water partition coefficient (Wildman–Crippen LogP) is 4.44. The molecule has 0 fully saturated rings.